The Balaban J connectivity index is 1.96. The summed E-state index contributed by atoms with van der Waals surface area (Å²) in [6.07, 6.45) is 2.04. The molecule has 18 heavy (non-hydrogen) atoms. The maximum atomic E-state index is 11.7. The Hall–Kier alpha value is -2.10. The zero-order valence-electron chi connectivity index (χ0n) is 10.5. The fourth-order valence-electron chi connectivity index (χ4n) is 1.88. The summed E-state index contributed by atoms with van der Waals surface area (Å²) in [5, 5.41) is 0. The quantitative estimate of drug-likeness (QED) is 0.756. The van der Waals surface area contributed by atoms with Crippen molar-refractivity contribution in [3.63, 3.8) is 0 Å². The summed E-state index contributed by atoms with van der Waals surface area (Å²) >= 11 is 0. The smallest absolute Gasteiger partial charge is 0.256 e. The van der Waals surface area contributed by atoms with Crippen molar-refractivity contribution in [3.8, 4) is 5.75 Å². The first-order chi connectivity index (χ1) is 8.61. The maximum absolute atomic E-state index is 11.7. The molecule has 0 aliphatic carbocycles. The Bertz CT molecular complexity index is 502. The van der Waals surface area contributed by atoms with Gasteiger partial charge < -0.3 is 4.74 Å². The minimum Gasteiger partial charge on any atom is -0.497 e. The molecule has 0 spiro atoms. The molecule has 1 aliphatic rings. The molecular formula is C14H15NO3. The molecule has 0 saturated carbocycles. The number of amides is 2. The van der Waals surface area contributed by atoms with Crippen molar-refractivity contribution >= 4 is 11.8 Å². The van der Waals surface area contributed by atoms with Crippen LogP contribution in [-0.4, -0.2) is 30.4 Å². The van der Waals surface area contributed by atoms with Crippen molar-refractivity contribution in [3.05, 3.63) is 41.5 Å². The van der Waals surface area contributed by atoms with E-state index in [1.54, 1.807) is 14.0 Å². The van der Waals surface area contributed by atoms with Gasteiger partial charge in [0.05, 0.1) is 7.11 Å². The van der Waals surface area contributed by atoms with Gasteiger partial charge in [-0.05, 0) is 31.0 Å². The van der Waals surface area contributed by atoms with Crippen molar-refractivity contribution in [1.82, 2.24) is 4.90 Å². The van der Waals surface area contributed by atoms with Gasteiger partial charge in [-0.15, -0.1) is 0 Å². The number of hydrogen-bond acceptors (Lipinski definition) is 3. The fraction of sp³-hybridized carbons (Fsp3) is 0.286. The SMILES string of the molecule is COc1ccc(CCN2C(=O)C=C(C)C2=O)cc1. The van der Waals surface area contributed by atoms with E-state index in [1.807, 2.05) is 24.3 Å². The third-order valence-corrected chi connectivity index (χ3v) is 2.97. The summed E-state index contributed by atoms with van der Waals surface area (Å²) in [6.45, 7) is 2.07. The van der Waals surface area contributed by atoms with Crippen LogP contribution in [0.2, 0.25) is 0 Å². The highest BCUT2D eigenvalue weighted by Crippen LogP contribution is 2.15. The molecule has 4 nitrogen and oxygen atoms in total. The van der Waals surface area contributed by atoms with E-state index >= 15 is 0 Å². The van der Waals surface area contributed by atoms with Crippen LogP contribution >= 0.6 is 0 Å². The average molecular weight is 245 g/mol. The molecule has 0 fully saturated rings. The van der Waals surface area contributed by atoms with Gasteiger partial charge in [0.25, 0.3) is 11.8 Å². The van der Waals surface area contributed by atoms with Crippen LogP contribution in [-0.2, 0) is 16.0 Å². The van der Waals surface area contributed by atoms with Crippen LogP contribution in [0.3, 0.4) is 0 Å². The van der Waals surface area contributed by atoms with E-state index in [1.165, 1.54) is 11.0 Å². The van der Waals surface area contributed by atoms with Gasteiger partial charge in [0.15, 0.2) is 0 Å². The third-order valence-electron chi connectivity index (χ3n) is 2.97. The van der Waals surface area contributed by atoms with E-state index in [0.29, 0.717) is 18.5 Å². The lowest BCUT2D eigenvalue weighted by Crippen LogP contribution is -2.32. The number of imide groups is 1. The standard InChI is InChI=1S/C14H15NO3/c1-10-9-13(16)15(14(10)17)8-7-11-3-5-12(18-2)6-4-11/h3-6,9H,7-8H2,1-2H3. The summed E-state index contributed by atoms with van der Waals surface area (Å²) in [5.41, 5.74) is 1.58. The van der Waals surface area contributed by atoms with E-state index in [-0.39, 0.29) is 11.8 Å². The lowest BCUT2D eigenvalue weighted by Gasteiger charge is -2.14. The number of methoxy groups -OCH3 is 1. The predicted molar refractivity (Wildman–Crippen MR) is 67.2 cm³/mol. The first-order valence-corrected chi connectivity index (χ1v) is 5.79. The highest BCUT2D eigenvalue weighted by atomic mass is 16.5. The second-order valence-corrected chi connectivity index (χ2v) is 4.22. The monoisotopic (exact) mass is 245 g/mol. The number of rotatable bonds is 4. The van der Waals surface area contributed by atoms with Crippen molar-refractivity contribution in [2.24, 2.45) is 0 Å². The number of benzene rings is 1. The van der Waals surface area contributed by atoms with Crippen LogP contribution in [0.5, 0.6) is 5.75 Å². The van der Waals surface area contributed by atoms with Crippen molar-refractivity contribution in [1.29, 1.82) is 0 Å². The molecule has 4 heteroatoms. The molecule has 0 aromatic heterocycles. The van der Waals surface area contributed by atoms with Crippen molar-refractivity contribution in [2.45, 2.75) is 13.3 Å². The first-order valence-electron chi connectivity index (χ1n) is 5.79. The summed E-state index contributed by atoms with van der Waals surface area (Å²) < 4.78 is 5.07. The van der Waals surface area contributed by atoms with Gasteiger partial charge in [-0.3, -0.25) is 14.5 Å². The summed E-state index contributed by atoms with van der Waals surface area (Å²) in [4.78, 5) is 24.5. The van der Waals surface area contributed by atoms with E-state index in [0.717, 1.165) is 11.3 Å². The largest absolute Gasteiger partial charge is 0.497 e. The summed E-state index contributed by atoms with van der Waals surface area (Å²) in [7, 11) is 1.62. The fourth-order valence-corrected chi connectivity index (χ4v) is 1.88. The molecule has 0 saturated heterocycles. The first kappa shape index (κ1) is 12.4. The number of carbonyl (C=O) groups is 2. The van der Waals surface area contributed by atoms with E-state index in [9.17, 15) is 9.59 Å². The Labute approximate surface area is 106 Å². The summed E-state index contributed by atoms with van der Waals surface area (Å²) in [6, 6.07) is 7.60. The van der Waals surface area contributed by atoms with Crippen LogP contribution < -0.4 is 4.74 Å². The third kappa shape index (κ3) is 2.42. The van der Waals surface area contributed by atoms with E-state index < -0.39 is 0 Å². The Morgan fingerprint density at radius 3 is 2.33 bits per heavy atom. The molecule has 2 amide bonds. The van der Waals surface area contributed by atoms with E-state index in [4.69, 9.17) is 4.74 Å². The van der Waals surface area contributed by atoms with Gasteiger partial charge in [-0.2, -0.15) is 0 Å². The molecule has 0 N–H and O–H groups in total. The van der Waals surface area contributed by atoms with Crippen LogP contribution in [0.4, 0.5) is 0 Å². The normalized spacial score (nSPS) is 15.0. The number of ether oxygens (including phenoxy) is 1. The van der Waals surface area contributed by atoms with Gasteiger partial charge in [0.2, 0.25) is 0 Å². The van der Waals surface area contributed by atoms with Crippen LogP contribution in [0, 0.1) is 0 Å². The van der Waals surface area contributed by atoms with Crippen molar-refractivity contribution in [2.75, 3.05) is 13.7 Å². The molecule has 1 aromatic rings. The average Bonchev–Trinajstić information content (AvgIpc) is 2.62. The van der Waals surface area contributed by atoms with Gasteiger partial charge >= 0.3 is 0 Å². The number of nitrogens with zero attached hydrogens (tertiary/aromatic N) is 1. The topological polar surface area (TPSA) is 46.6 Å². The Kier molecular flexibility index (Phi) is 3.46. The molecular weight excluding hydrogens is 230 g/mol. The highest BCUT2D eigenvalue weighted by Gasteiger charge is 2.27. The minimum absolute atomic E-state index is 0.187. The highest BCUT2D eigenvalue weighted by molar-refractivity contribution is 6.15. The molecule has 1 aromatic carbocycles. The zero-order valence-corrected chi connectivity index (χ0v) is 10.5. The van der Waals surface area contributed by atoms with Crippen LogP contribution in [0.25, 0.3) is 0 Å². The second-order valence-electron chi connectivity index (χ2n) is 4.22. The molecule has 94 valence electrons. The van der Waals surface area contributed by atoms with E-state index in [2.05, 4.69) is 0 Å². The van der Waals surface area contributed by atoms with Crippen molar-refractivity contribution < 1.29 is 14.3 Å². The predicted octanol–water partition coefficient (Wildman–Crippen LogP) is 1.55. The lowest BCUT2D eigenvalue weighted by atomic mass is 10.1. The molecule has 1 heterocycles. The summed E-state index contributed by atoms with van der Waals surface area (Å²) in [5.74, 6) is 0.393. The maximum Gasteiger partial charge on any atom is 0.256 e. The number of carbonyl (C=O) groups excluding carboxylic acids is 2. The number of hydrogen-bond donors (Lipinski definition) is 0. The Morgan fingerprint density at radius 1 is 1.17 bits per heavy atom. The van der Waals surface area contributed by atoms with Crippen LogP contribution in [0.15, 0.2) is 35.9 Å². The molecule has 0 radical (unpaired) electrons. The Morgan fingerprint density at radius 2 is 1.83 bits per heavy atom. The van der Waals surface area contributed by atoms with Crippen LogP contribution in [0.1, 0.15) is 12.5 Å². The lowest BCUT2D eigenvalue weighted by molar-refractivity contribution is -0.137. The molecule has 1 aliphatic heterocycles. The van der Waals surface area contributed by atoms with Gasteiger partial charge in [0, 0.05) is 18.2 Å². The second kappa shape index (κ2) is 5.04. The van der Waals surface area contributed by atoms with Gasteiger partial charge in [0.1, 0.15) is 5.75 Å². The van der Waals surface area contributed by atoms with Gasteiger partial charge in [-0.1, -0.05) is 12.1 Å². The molecule has 0 unspecified atom stereocenters. The van der Waals surface area contributed by atoms with Gasteiger partial charge in [-0.25, -0.2) is 0 Å². The molecule has 0 atom stereocenters. The minimum atomic E-state index is -0.217. The zero-order chi connectivity index (χ0) is 13.1. The molecule has 0 bridgehead atoms. The molecule has 2 rings (SSSR count).